The highest BCUT2D eigenvalue weighted by atomic mass is 15.3. The molecular weight excluding hydrogens is 344 g/mol. The average Bonchev–Trinajstić information content (AvgIpc) is 3.15. The van der Waals surface area contributed by atoms with E-state index in [0.29, 0.717) is 0 Å². The van der Waals surface area contributed by atoms with Gasteiger partial charge in [-0.3, -0.25) is 4.98 Å². The second-order valence-corrected chi connectivity index (χ2v) is 7.07. The Kier molecular flexibility index (Phi) is 5.31. The van der Waals surface area contributed by atoms with E-state index in [-0.39, 0.29) is 0 Å². The van der Waals surface area contributed by atoms with Crippen LogP contribution in [0, 0.1) is 13.8 Å². The SMILES string of the molecule is Cc1ccc(C)c(-n2cc(CNCc3cccnc3)c(-c3ccccc3)n2)c1. The zero-order valence-electron chi connectivity index (χ0n) is 16.3. The molecule has 140 valence electrons. The van der Waals surface area contributed by atoms with Gasteiger partial charge in [-0.2, -0.15) is 5.10 Å². The lowest BCUT2D eigenvalue weighted by atomic mass is 10.1. The van der Waals surface area contributed by atoms with Crippen molar-refractivity contribution >= 4 is 0 Å². The van der Waals surface area contributed by atoms with E-state index in [1.54, 1.807) is 6.20 Å². The number of nitrogens with one attached hydrogen (secondary N) is 1. The van der Waals surface area contributed by atoms with E-state index in [0.717, 1.165) is 30.0 Å². The number of pyridine rings is 1. The fourth-order valence-electron chi connectivity index (χ4n) is 3.31. The Balaban J connectivity index is 1.65. The van der Waals surface area contributed by atoms with Crippen molar-refractivity contribution in [1.82, 2.24) is 20.1 Å². The number of nitrogens with zero attached hydrogens (tertiary/aromatic N) is 3. The van der Waals surface area contributed by atoms with Crippen LogP contribution in [0.15, 0.2) is 79.3 Å². The van der Waals surface area contributed by atoms with Crippen LogP contribution in [0.4, 0.5) is 0 Å². The molecule has 1 N–H and O–H groups in total. The van der Waals surface area contributed by atoms with Crippen molar-refractivity contribution in [2.45, 2.75) is 26.9 Å². The van der Waals surface area contributed by atoms with Gasteiger partial charge in [0.25, 0.3) is 0 Å². The van der Waals surface area contributed by atoms with Crippen LogP contribution in [-0.4, -0.2) is 14.8 Å². The van der Waals surface area contributed by atoms with E-state index < -0.39 is 0 Å². The maximum Gasteiger partial charge on any atom is 0.0972 e. The number of rotatable bonds is 6. The van der Waals surface area contributed by atoms with Crippen LogP contribution in [0.1, 0.15) is 22.3 Å². The zero-order valence-corrected chi connectivity index (χ0v) is 16.3. The smallest absolute Gasteiger partial charge is 0.0972 e. The largest absolute Gasteiger partial charge is 0.308 e. The first kappa shape index (κ1) is 18.1. The Bertz CT molecular complexity index is 1050. The molecule has 2 aromatic carbocycles. The molecule has 0 fully saturated rings. The Morgan fingerprint density at radius 3 is 2.57 bits per heavy atom. The summed E-state index contributed by atoms with van der Waals surface area (Å²) >= 11 is 0. The van der Waals surface area contributed by atoms with Crippen molar-refractivity contribution in [3.05, 3.63) is 102 Å². The van der Waals surface area contributed by atoms with E-state index in [4.69, 9.17) is 5.10 Å². The van der Waals surface area contributed by atoms with E-state index in [9.17, 15) is 0 Å². The van der Waals surface area contributed by atoms with E-state index in [1.165, 1.54) is 22.3 Å². The van der Waals surface area contributed by atoms with E-state index in [1.807, 2.05) is 23.0 Å². The standard InChI is InChI=1S/C24H24N4/c1-18-10-11-19(2)23(13-18)28-17-22(16-26-15-20-7-6-12-25-14-20)24(27-28)21-8-4-3-5-9-21/h3-14,17,26H,15-16H2,1-2H3. The fraction of sp³-hybridized carbons (Fsp3) is 0.167. The second kappa shape index (κ2) is 8.19. The molecule has 0 bridgehead atoms. The van der Waals surface area contributed by atoms with Crippen LogP contribution in [-0.2, 0) is 13.1 Å². The molecular formula is C24H24N4. The number of hydrogen-bond donors (Lipinski definition) is 1. The number of aromatic nitrogens is 3. The molecule has 0 spiro atoms. The maximum absolute atomic E-state index is 4.94. The van der Waals surface area contributed by atoms with Gasteiger partial charge >= 0.3 is 0 Å². The highest BCUT2D eigenvalue weighted by Crippen LogP contribution is 2.25. The van der Waals surface area contributed by atoms with Gasteiger partial charge in [-0.1, -0.05) is 48.5 Å². The third-order valence-corrected chi connectivity index (χ3v) is 4.82. The van der Waals surface area contributed by atoms with Crippen molar-refractivity contribution in [1.29, 1.82) is 0 Å². The van der Waals surface area contributed by atoms with E-state index in [2.05, 4.69) is 78.9 Å². The molecule has 0 amide bonds. The van der Waals surface area contributed by atoms with Crippen LogP contribution in [0.2, 0.25) is 0 Å². The minimum absolute atomic E-state index is 0.740. The second-order valence-electron chi connectivity index (χ2n) is 7.07. The first-order valence-corrected chi connectivity index (χ1v) is 9.52. The molecule has 2 heterocycles. The molecule has 0 saturated carbocycles. The number of hydrogen-bond acceptors (Lipinski definition) is 3. The molecule has 4 rings (SSSR count). The summed E-state index contributed by atoms with van der Waals surface area (Å²) in [6.07, 6.45) is 5.83. The van der Waals surface area contributed by atoms with E-state index >= 15 is 0 Å². The highest BCUT2D eigenvalue weighted by molar-refractivity contribution is 5.63. The minimum Gasteiger partial charge on any atom is -0.308 e. The Labute approximate surface area is 165 Å². The van der Waals surface area contributed by atoms with Gasteiger partial charge in [-0.25, -0.2) is 4.68 Å². The molecule has 0 aliphatic carbocycles. The van der Waals surface area contributed by atoms with Gasteiger partial charge in [0.1, 0.15) is 0 Å². The van der Waals surface area contributed by atoms with Crippen LogP contribution in [0.3, 0.4) is 0 Å². The van der Waals surface area contributed by atoms with Gasteiger partial charge in [-0.15, -0.1) is 0 Å². The van der Waals surface area contributed by atoms with Gasteiger partial charge in [0.2, 0.25) is 0 Å². The van der Waals surface area contributed by atoms with Gasteiger partial charge in [0.05, 0.1) is 11.4 Å². The van der Waals surface area contributed by atoms with Gasteiger partial charge < -0.3 is 5.32 Å². The molecule has 4 heteroatoms. The Morgan fingerprint density at radius 2 is 1.79 bits per heavy atom. The van der Waals surface area contributed by atoms with Gasteiger partial charge in [0, 0.05) is 42.8 Å². The molecule has 2 aromatic heterocycles. The monoisotopic (exact) mass is 368 g/mol. The van der Waals surface area contributed by atoms with Crippen molar-refractivity contribution in [2.75, 3.05) is 0 Å². The quantitative estimate of drug-likeness (QED) is 0.529. The third kappa shape index (κ3) is 4.02. The first-order chi connectivity index (χ1) is 13.7. The summed E-state index contributed by atoms with van der Waals surface area (Å²) in [6.45, 7) is 5.75. The Morgan fingerprint density at radius 1 is 0.929 bits per heavy atom. The summed E-state index contributed by atoms with van der Waals surface area (Å²) in [4.78, 5) is 4.18. The van der Waals surface area contributed by atoms with Crippen molar-refractivity contribution in [2.24, 2.45) is 0 Å². The summed E-state index contributed by atoms with van der Waals surface area (Å²) in [5.74, 6) is 0. The normalized spacial score (nSPS) is 10.9. The average molecular weight is 368 g/mol. The lowest BCUT2D eigenvalue weighted by Crippen LogP contribution is -2.13. The molecule has 0 radical (unpaired) electrons. The number of aryl methyl sites for hydroxylation is 2. The van der Waals surface area contributed by atoms with Crippen LogP contribution in [0.25, 0.3) is 16.9 Å². The Hall–Kier alpha value is -3.24. The molecule has 28 heavy (non-hydrogen) atoms. The summed E-state index contributed by atoms with van der Waals surface area (Å²) in [5, 5.41) is 8.47. The van der Waals surface area contributed by atoms with Crippen molar-refractivity contribution in [3.8, 4) is 16.9 Å². The lowest BCUT2D eigenvalue weighted by molar-refractivity contribution is 0.692. The lowest BCUT2D eigenvalue weighted by Gasteiger charge is -2.06. The summed E-state index contributed by atoms with van der Waals surface area (Å²) in [5.41, 5.74) is 8.05. The minimum atomic E-state index is 0.740. The highest BCUT2D eigenvalue weighted by Gasteiger charge is 2.13. The topological polar surface area (TPSA) is 42.7 Å². The van der Waals surface area contributed by atoms with Crippen molar-refractivity contribution < 1.29 is 0 Å². The third-order valence-electron chi connectivity index (χ3n) is 4.82. The molecule has 0 saturated heterocycles. The molecule has 0 aliphatic heterocycles. The van der Waals surface area contributed by atoms with Gasteiger partial charge in [-0.05, 0) is 42.7 Å². The zero-order chi connectivity index (χ0) is 19.3. The van der Waals surface area contributed by atoms with Gasteiger partial charge in [0.15, 0.2) is 0 Å². The van der Waals surface area contributed by atoms with Crippen molar-refractivity contribution in [3.63, 3.8) is 0 Å². The fourth-order valence-corrected chi connectivity index (χ4v) is 3.31. The van der Waals surface area contributed by atoms with Crippen LogP contribution < -0.4 is 5.32 Å². The van der Waals surface area contributed by atoms with Crippen LogP contribution >= 0.6 is 0 Å². The summed E-state index contributed by atoms with van der Waals surface area (Å²) in [6, 6.07) is 20.9. The maximum atomic E-state index is 4.94. The molecule has 0 atom stereocenters. The molecule has 0 unspecified atom stereocenters. The molecule has 4 aromatic rings. The van der Waals surface area contributed by atoms with Crippen LogP contribution in [0.5, 0.6) is 0 Å². The molecule has 4 nitrogen and oxygen atoms in total. The predicted octanol–water partition coefficient (Wildman–Crippen LogP) is 4.84. The summed E-state index contributed by atoms with van der Waals surface area (Å²) in [7, 11) is 0. The number of benzene rings is 2. The summed E-state index contributed by atoms with van der Waals surface area (Å²) < 4.78 is 2.01. The molecule has 0 aliphatic rings. The first-order valence-electron chi connectivity index (χ1n) is 9.52. The predicted molar refractivity (Wildman–Crippen MR) is 113 cm³/mol.